The highest BCUT2D eigenvalue weighted by Crippen LogP contribution is 2.37. The molecule has 2 N–H and O–H groups in total. The zero-order valence-corrected chi connectivity index (χ0v) is 21.8. The molecule has 1 saturated carbocycles. The molecule has 1 fully saturated rings. The van der Waals surface area contributed by atoms with Crippen LogP contribution < -0.4 is 15.6 Å². The normalized spacial score (nSPS) is 16.6. The molecule has 3 aromatic rings. The molecule has 8 heteroatoms. The molecule has 0 spiro atoms. The van der Waals surface area contributed by atoms with Crippen LogP contribution in [-0.2, 0) is 14.4 Å². The Morgan fingerprint density at radius 3 is 2.32 bits per heavy atom. The number of amides is 3. The Morgan fingerprint density at radius 1 is 0.868 bits per heavy atom. The van der Waals surface area contributed by atoms with Gasteiger partial charge in [0, 0.05) is 16.5 Å². The summed E-state index contributed by atoms with van der Waals surface area (Å²) >= 11 is 1.39. The van der Waals surface area contributed by atoms with E-state index in [4.69, 9.17) is 0 Å². The van der Waals surface area contributed by atoms with Crippen molar-refractivity contribution < 1.29 is 14.4 Å². The van der Waals surface area contributed by atoms with Gasteiger partial charge < -0.3 is 10.6 Å². The molecule has 0 radical (unpaired) electrons. The standard InChI is InChI=1S/C30H30N4O3S/c35-27-20-26(33-34(27)24-16-8-3-9-17-24)32-30(37)28(21-11-4-1-5-12-21)38-25-18-10-15-23(19-25)31-29(36)22-13-6-2-7-14-22/h1,3-5,8-12,15-19,22,28H,2,6-7,13-14,20H2,(H,31,36)(H,32,33,37). The van der Waals surface area contributed by atoms with E-state index in [0.29, 0.717) is 11.5 Å². The maximum absolute atomic E-state index is 13.5. The van der Waals surface area contributed by atoms with E-state index in [0.717, 1.165) is 41.8 Å². The van der Waals surface area contributed by atoms with Crippen molar-refractivity contribution in [2.24, 2.45) is 11.0 Å². The molecule has 5 rings (SSSR count). The first-order chi connectivity index (χ1) is 18.6. The number of thioether (sulfide) groups is 1. The number of rotatable bonds is 7. The zero-order chi connectivity index (χ0) is 26.3. The van der Waals surface area contributed by atoms with E-state index in [9.17, 15) is 14.4 Å². The molecule has 1 heterocycles. The number of anilines is 2. The SMILES string of the molecule is O=C(Nc1cccc(SC(C(=O)NC2=NN(c3ccccc3)C(=O)C2)c2ccccc2)c1)C1CCCCC1. The summed E-state index contributed by atoms with van der Waals surface area (Å²) in [4.78, 5) is 39.7. The summed E-state index contributed by atoms with van der Waals surface area (Å²) in [5, 5.41) is 11.0. The summed E-state index contributed by atoms with van der Waals surface area (Å²) in [7, 11) is 0. The van der Waals surface area contributed by atoms with Gasteiger partial charge in [-0.1, -0.05) is 73.9 Å². The van der Waals surface area contributed by atoms with Gasteiger partial charge in [-0.05, 0) is 48.7 Å². The van der Waals surface area contributed by atoms with E-state index in [-0.39, 0.29) is 30.1 Å². The van der Waals surface area contributed by atoms with E-state index in [1.807, 2.05) is 72.8 Å². The highest BCUT2D eigenvalue weighted by Gasteiger charge is 2.29. The lowest BCUT2D eigenvalue weighted by Crippen LogP contribution is -2.33. The Labute approximate surface area is 226 Å². The van der Waals surface area contributed by atoms with Gasteiger partial charge in [0.2, 0.25) is 11.8 Å². The number of hydrazone groups is 1. The molecule has 2 aliphatic rings. The average Bonchev–Trinajstić information content (AvgIpc) is 3.32. The van der Waals surface area contributed by atoms with Crippen molar-refractivity contribution in [2.45, 2.75) is 48.7 Å². The minimum absolute atomic E-state index is 0.0233. The van der Waals surface area contributed by atoms with Crippen LogP contribution in [0.2, 0.25) is 0 Å². The number of para-hydroxylation sites is 1. The predicted molar refractivity (Wildman–Crippen MR) is 151 cm³/mol. The third-order valence-electron chi connectivity index (χ3n) is 6.72. The largest absolute Gasteiger partial charge is 0.326 e. The lowest BCUT2D eigenvalue weighted by atomic mass is 9.88. The maximum atomic E-state index is 13.5. The molecule has 0 saturated heterocycles. The highest BCUT2D eigenvalue weighted by molar-refractivity contribution is 8.00. The molecular weight excluding hydrogens is 496 g/mol. The van der Waals surface area contributed by atoms with Crippen molar-refractivity contribution in [3.05, 3.63) is 90.5 Å². The number of nitrogens with one attached hydrogen (secondary N) is 2. The summed E-state index contributed by atoms with van der Waals surface area (Å²) in [5.74, 6) is -0.0145. The van der Waals surface area contributed by atoms with Crippen LogP contribution in [0.5, 0.6) is 0 Å². The molecule has 1 unspecified atom stereocenters. The van der Waals surface area contributed by atoms with Crippen LogP contribution in [0.15, 0.2) is 94.9 Å². The Morgan fingerprint density at radius 2 is 1.58 bits per heavy atom. The van der Waals surface area contributed by atoms with Crippen molar-refractivity contribution in [3.63, 3.8) is 0 Å². The Hall–Kier alpha value is -3.91. The van der Waals surface area contributed by atoms with E-state index >= 15 is 0 Å². The van der Waals surface area contributed by atoms with Gasteiger partial charge in [-0.2, -0.15) is 10.1 Å². The van der Waals surface area contributed by atoms with Gasteiger partial charge in [0.15, 0.2) is 0 Å². The molecule has 38 heavy (non-hydrogen) atoms. The van der Waals surface area contributed by atoms with Gasteiger partial charge in [-0.25, -0.2) is 0 Å². The number of carbonyl (C=O) groups excluding carboxylic acids is 3. The second-order valence-corrected chi connectivity index (χ2v) is 10.7. The molecule has 0 aromatic heterocycles. The summed E-state index contributed by atoms with van der Waals surface area (Å²) in [6.45, 7) is 0. The molecule has 1 atom stereocenters. The number of amidine groups is 1. The first kappa shape index (κ1) is 25.7. The Balaban J connectivity index is 1.31. The van der Waals surface area contributed by atoms with Crippen LogP contribution in [0.3, 0.4) is 0 Å². The number of nitrogens with zero attached hydrogens (tertiary/aromatic N) is 2. The fourth-order valence-electron chi connectivity index (χ4n) is 4.77. The van der Waals surface area contributed by atoms with Crippen LogP contribution >= 0.6 is 11.8 Å². The lowest BCUT2D eigenvalue weighted by molar-refractivity contribution is -0.121. The van der Waals surface area contributed by atoms with E-state index < -0.39 is 5.25 Å². The molecule has 1 aliphatic heterocycles. The van der Waals surface area contributed by atoms with Crippen molar-refractivity contribution in [3.8, 4) is 0 Å². The summed E-state index contributed by atoms with van der Waals surface area (Å²) < 4.78 is 0. The zero-order valence-electron chi connectivity index (χ0n) is 21.0. The van der Waals surface area contributed by atoms with E-state index in [2.05, 4.69) is 15.7 Å². The van der Waals surface area contributed by atoms with Crippen LogP contribution in [0.4, 0.5) is 11.4 Å². The number of benzene rings is 3. The quantitative estimate of drug-likeness (QED) is 0.375. The predicted octanol–water partition coefficient (Wildman–Crippen LogP) is 5.91. The average molecular weight is 527 g/mol. The second kappa shape index (κ2) is 12.1. The molecule has 3 amide bonds. The topological polar surface area (TPSA) is 90.9 Å². The monoisotopic (exact) mass is 526 g/mol. The van der Waals surface area contributed by atoms with E-state index in [1.165, 1.54) is 23.2 Å². The van der Waals surface area contributed by atoms with Crippen LogP contribution in [0.25, 0.3) is 0 Å². The lowest BCUT2D eigenvalue weighted by Gasteiger charge is -2.21. The van der Waals surface area contributed by atoms with Crippen LogP contribution in [0, 0.1) is 5.92 Å². The van der Waals surface area contributed by atoms with Gasteiger partial charge in [-0.15, -0.1) is 11.8 Å². The van der Waals surface area contributed by atoms with E-state index in [1.54, 1.807) is 12.1 Å². The fourth-order valence-corrected chi connectivity index (χ4v) is 5.85. The van der Waals surface area contributed by atoms with Gasteiger partial charge in [0.1, 0.15) is 11.1 Å². The first-order valence-corrected chi connectivity index (χ1v) is 13.8. The summed E-state index contributed by atoms with van der Waals surface area (Å²) in [6, 6.07) is 26.2. The molecular formula is C30H30N4O3S. The van der Waals surface area contributed by atoms with Crippen molar-refractivity contribution >= 4 is 46.7 Å². The minimum Gasteiger partial charge on any atom is -0.326 e. The van der Waals surface area contributed by atoms with Crippen molar-refractivity contribution in [2.75, 3.05) is 10.3 Å². The molecule has 1 aliphatic carbocycles. The third-order valence-corrected chi connectivity index (χ3v) is 7.96. The Kier molecular flexibility index (Phi) is 8.19. The van der Waals surface area contributed by atoms with Gasteiger partial charge in [0.05, 0.1) is 12.1 Å². The molecule has 194 valence electrons. The minimum atomic E-state index is -0.580. The number of hydrogen-bond donors (Lipinski definition) is 2. The maximum Gasteiger partial charge on any atom is 0.255 e. The molecule has 0 bridgehead atoms. The summed E-state index contributed by atoms with van der Waals surface area (Å²) in [5.41, 5.74) is 2.21. The fraction of sp³-hybridized carbons (Fsp3) is 0.267. The summed E-state index contributed by atoms with van der Waals surface area (Å²) in [6.07, 6.45) is 5.29. The first-order valence-electron chi connectivity index (χ1n) is 13.0. The number of hydrogen-bond acceptors (Lipinski definition) is 5. The number of carbonyl (C=O) groups is 3. The second-order valence-electron chi connectivity index (χ2n) is 9.51. The van der Waals surface area contributed by atoms with Crippen molar-refractivity contribution in [1.82, 2.24) is 5.32 Å². The van der Waals surface area contributed by atoms with Gasteiger partial charge in [-0.3, -0.25) is 14.4 Å². The molecule has 3 aromatic carbocycles. The Bertz CT molecular complexity index is 1320. The molecule has 7 nitrogen and oxygen atoms in total. The van der Waals surface area contributed by atoms with Crippen LogP contribution in [-0.4, -0.2) is 23.6 Å². The van der Waals surface area contributed by atoms with Crippen LogP contribution in [0.1, 0.15) is 49.3 Å². The smallest absolute Gasteiger partial charge is 0.255 e. The van der Waals surface area contributed by atoms with Gasteiger partial charge >= 0.3 is 0 Å². The third kappa shape index (κ3) is 6.31. The van der Waals surface area contributed by atoms with Crippen molar-refractivity contribution in [1.29, 1.82) is 0 Å². The van der Waals surface area contributed by atoms with Gasteiger partial charge in [0.25, 0.3) is 5.91 Å². The highest BCUT2D eigenvalue weighted by atomic mass is 32.2.